The van der Waals surface area contributed by atoms with E-state index in [1.807, 2.05) is 24.3 Å². The van der Waals surface area contributed by atoms with Crippen LogP contribution in [0.3, 0.4) is 0 Å². The van der Waals surface area contributed by atoms with Gasteiger partial charge in [-0.05, 0) is 61.9 Å². The van der Waals surface area contributed by atoms with Crippen LogP contribution in [0.15, 0.2) is 42.5 Å². The van der Waals surface area contributed by atoms with Crippen LogP contribution < -0.4 is 5.32 Å². The Morgan fingerprint density at radius 2 is 1.50 bits per heavy atom. The number of thiocarbonyl (C=S) groups is 1. The van der Waals surface area contributed by atoms with Crippen molar-refractivity contribution in [3.8, 4) is 0 Å². The molecule has 0 saturated carbocycles. The molecule has 9 heteroatoms. The van der Waals surface area contributed by atoms with Crippen LogP contribution in [0.2, 0.25) is 0 Å². The van der Waals surface area contributed by atoms with Gasteiger partial charge in [-0.3, -0.25) is 0 Å². The van der Waals surface area contributed by atoms with Crippen molar-refractivity contribution in [2.75, 3.05) is 6.61 Å². The van der Waals surface area contributed by atoms with E-state index in [2.05, 4.69) is 26.1 Å². The first-order chi connectivity index (χ1) is 15.8. The fourth-order valence-electron chi connectivity index (χ4n) is 2.87. The number of allylic oxidation sites excluding steroid dienone is 3. The van der Waals surface area contributed by atoms with Crippen molar-refractivity contribution in [2.45, 2.75) is 77.9 Å². The molecule has 34 heavy (non-hydrogen) atoms. The summed E-state index contributed by atoms with van der Waals surface area (Å²) in [5.41, 5.74) is -2.80. The molecule has 1 N–H and O–H groups in total. The number of unbranched alkanes of at least 4 members (excludes halogenated alkanes) is 4. The van der Waals surface area contributed by atoms with Gasteiger partial charge in [-0.25, -0.2) is 0 Å². The zero-order valence-corrected chi connectivity index (χ0v) is 20.5. The van der Waals surface area contributed by atoms with Crippen LogP contribution in [0, 0.1) is 5.92 Å². The SMILES string of the molecule is CC(C)C(C)NC(=S)/C=C/C=C/CCCCCCOCc1cc(C(F)(F)F)cc(C(F)(F)F)c1. The standard InChI is InChI=1S/C25H33F6NOS/c1-18(2)19(3)32-23(34)12-10-8-6-4-5-7-9-11-13-33-17-20-14-21(24(26,27)28)16-22(15-20)25(29,30)31/h6,8,10,12,14-16,18-19H,4-5,7,9,11,13,17H2,1-3H3,(H,32,34)/b8-6+,12-10+. The van der Waals surface area contributed by atoms with E-state index in [0.717, 1.165) is 25.7 Å². The van der Waals surface area contributed by atoms with Crippen molar-refractivity contribution in [2.24, 2.45) is 5.92 Å². The van der Waals surface area contributed by atoms with Gasteiger partial charge in [0, 0.05) is 12.6 Å². The summed E-state index contributed by atoms with van der Waals surface area (Å²) in [5.74, 6) is 0.495. The average Bonchev–Trinajstić information content (AvgIpc) is 2.72. The predicted molar refractivity (Wildman–Crippen MR) is 128 cm³/mol. The lowest BCUT2D eigenvalue weighted by atomic mass is 10.1. The Hall–Kier alpha value is -1.87. The fraction of sp³-hybridized carbons (Fsp3) is 0.560. The van der Waals surface area contributed by atoms with E-state index < -0.39 is 23.5 Å². The maximum atomic E-state index is 12.9. The molecule has 0 bridgehead atoms. The molecule has 192 valence electrons. The molecule has 0 fully saturated rings. The molecule has 0 aliphatic heterocycles. The van der Waals surface area contributed by atoms with Crippen LogP contribution in [0.1, 0.15) is 69.6 Å². The number of hydrogen-bond acceptors (Lipinski definition) is 2. The third-order valence-electron chi connectivity index (χ3n) is 5.19. The topological polar surface area (TPSA) is 21.3 Å². The highest BCUT2D eigenvalue weighted by molar-refractivity contribution is 7.80. The van der Waals surface area contributed by atoms with Crippen molar-refractivity contribution in [1.82, 2.24) is 5.32 Å². The Kier molecular flexibility index (Phi) is 12.9. The first-order valence-electron chi connectivity index (χ1n) is 11.3. The first kappa shape index (κ1) is 30.2. The van der Waals surface area contributed by atoms with Crippen molar-refractivity contribution >= 4 is 17.2 Å². The Bertz CT molecular complexity index is 782. The van der Waals surface area contributed by atoms with Crippen LogP contribution >= 0.6 is 12.2 Å². The molecule has 1 unspecified atom stereocenters. The van der Waals surface area contributed by atoms with Gasteiger partial charge in [0.1, 0.15) is 0 Å². The highest BCUT2D eigenvalue weighted by Crippen LogP contribution is 2.36. The molecule has 1 rings (SSSR count). The van der Waals surface area contributed by atoms with Crippen LogP contribution in [0.5, 0.6) is 0 Å². The van der Waals surface area contributed by atoms with Gasteiger partial charge < -0.3 is 10.1 Å². The Morgan fingerprint density at radius 1 is 0.912 bits per heavy atom. The number of halogens is 6. The second-order valence-corrected chi connectivity index (χ2v) is 8.94. The maximum Gasteiger partial charge on any atom is 0.416 e. The van der Waals surface area contributed by atoms with Crippen LogP contribution in [-0.4, -0.2) is 17.6 Å². The van der Waals surface area contributed by atoms with E-state index in [-0.39, 0.29) is 24.8 Å². The number of nitrogens with one attached hydrogen (secondary N) is 1. The van der Waals surface area contributed by atoms with Crippen LogP contribution in [0.4, 0.5) is 26.3 Å². The van der Waals surface area contributed by atoms with E-state index in [1.54, 1.807) is 0 Å². The molecule has 0 amide bonds. The van der Waals surface area contributed by atoms with Crippen molar-refractivity contribution in [1.29, 1.82) is 0 Å². The lowest BCUT2D eigenvalue weighted by Crippen LogP contribution is -2.33. The molecule has 0 radical (unpaired) electrons. The third kappa shape index (κ3) is 12.6. The minimum absolute atomic E-state index is 0.117. The molecule has 2 nitrogen and oxygen atoms in total. The smallest absolute Gasteiger partial charge is 0.377 e. The van der Waals surface area contributed by atoms with E-state index in [0.29, 0.717) is 35.5 Å². The second kappa shape index (κ2) is 14.5. The summed E-state index contributed by atoms with van der Waals surface area (Å²) in [6, 6.07) is 1.83. The third-order valence-corrected chi connectivity index (χ3v) is 5.44. The number of alkyl halides is 6. The summed E-state index contributed by atoms with van der Waals surface area (Å²) < 4.78 is 82.6. The summed E-state index contributed by atoms with van der Waals surface area (Å²) >= 11 is 5.25. The fourth-order valence-corrected chi connectivity index (χ4v) is 3.13. The quantitative estimate of drug-likeness (QED) is 0.0951. The molecule has 1 atom stereocenters. The molecule has 0 aromatic heterocycles. The van der Waals surface area contributed by atoms with Gasteiger partial charge in [0.05, 0.1) is 22.7 Å². The van der Waals surface area contributed by atoms with Crippen molar-refractivity contribution in [3.05, 3.63) is 59.2 Å². The van der Waals surface area contributed by atoms with Gasteiger partial charge in [-0.15, -0.1) is 0 Å². The van der Waals surface area contributed by atoms with Gasteiger partial charge in [0.15, 0.2) is 0 Å². The second-order valence-electron chi connectivity index (χ2n) is 8.50. The molecule has 1 aromatic carbocycles. The van der Waals surface area contributed by atoms with E-state index >= 15 is 0 Å². The largest absolute Gasteiger partial charge is 0.416 e. The number of rotatable bonds is 13. The summed E-state index contributed by atoms with van der Waals surface area (Å²) in [6.07, 6.45) is 2.41. The number of ether oxygens (including phenoxy) is 1. The van der Waals surface area contributed by atoms with Crippen molar-refractivity contribution < 1.29 is 31.1 Å². The van der Waals surface area contributed by atoms with E-state index in [1.165, 1.54) is 0 Å². The van der Waals surface area contributed by atoms with Crippen LogP contribution in [-0.2, 0) is 23.7 Å². The number of benzene rings is 1. The van der Waals surface area contributed by atoms with E-state index in [9.17, 15) is 26.3 Å². The Morgan fingerprint density at radius 3 is 2.06 bits per heavy atom. The minimum Gasteiger partial charge on any atom is -0.377 e. The normalized spacial score (nSPS) is 13.8. The van der Waals surface area contributed by atoms with Gasteiger partial charge in [0.2, 0.25) is 0 Å². The molecule has 0 aliphatic carbocycles. The molecule has 0 aliphatic rings. The highest BCUT2D eigenvalue weighted by Gasteiger charge is 2.36. The molecule has 1 aromatic rings. The maximum absolute atomic E-state index is 12.9. The summed E-state index contributed by atoms with van der Waals surface area (Å²) in [7, 11) is 0. The Labute approximate surface area is 203 Å². The average molecular weight is 510 g/mol. The summed E-state index contributed by atoms with van der Waals surface area (Å²) in [6.45, 7) is 6.31. The lowest BCUT2D eigenvalue weighted by Gasteiger charge is -2.17. The predicted octanol–water partition coefficient (Wildman–Crippen LogP) is 8.27. The molecule has 0 heterocycles. The number of hydrogen-bond donors (Lipinski definition) is 1. The van der Waals surface area contributed by atoms with Gasteiger partial charge in [0.25, 0.3) is 0 Å². The van der Waals surface area contributed by atoms with Gasteiger partial charge in [-0.2, -0.15) is 26.3 Å². The first-order valence-corrected chi connectivity index (χ1v) is 11.7. The monoisotopic (exact) mass is 509 g/mol. The van der Waals surface area contributed by atoms with E-state index in [4.69, 9.17) is 17.0 Å². The van der Waals surface area contributed by atoms with Gasteiger partial charge >= 0.3 is 12.4 Å². The zero-order valence-electron chi connectivity index (χ0n) is 19.7. The summed E-state index contributed by atoms with van der Waals surface area (Å²) in [5, 5.41) is 3.24. The molecular formula is C25H33F6NOS. The molecule has 0 saturated heterocycles. The highest BCUT2D eigenvalue weighted by atomic mass is 32.1. The summed E-state index contributed by atoms with van der Waals surface area (Å²) in [4.78, 5) is 0.700. The molecular weight excluding hydrogens is 476 g/mol. The van der Waals surface area contributed by atoms with Crippen LogP contribution in [0.25, 0.3) is 0 Å². The van der Waals surface area contributed by atoms with Gasteiger partial charge in [-0.1, -0.05) is 57.1 Å². The molecule has 0 spiro atoms. The lowest BCUT2D eigenvalue weighted by molar-refractivity contribution is -0.143. The Balaban J connectivity index is 2.26. The minimum atomic E-state index is -4.85. The zero-order chi connectivity index (χ0) is 25.8. The van der Waals surface area contributed by atoms with Crippen molar-refractivity contribution in [3.63, 3.8) is 0 Å².